The van der Waals surface area contributed by atoms with Crippen LogP contribution in [0.2, 0.25) is 0 Å². The molecule has 0 atom stereocenters. The van der Waals surface area contributed by atoms with Gasteiger partial charge in [0.15, 0.2) is 0 Å². The second kappa shape index (κ2) is 11.3. The molecule has 4 heteroatoms. The highest BCUT2D eigenvalue weighted by Crippen LogP contribution is 2.36. The van der Waals surface area contributed by atoms with E-state index in [1.54, 1.807) is 0 Å². The number of hydrogen-bond donors (Lipinski definition) is 2. The Hall–Kier alpha value is -6.00. The zero-order valence-corrected chi connectivity index (χ0v) is 24.7. The monoisotopic (exact) mass is 578 g/mol. The Morgan fingerprint density at radius 3 is 1.22 bits per heavy atom. The predicted molar refractivity (Wildman–Crippen MR) is 189 cm³/mol. The van der Waals surface area contributed by atoms with Gasteiger partial charge in [0.05, 0.1) is 22.8 Å². The van der Waals surface area contributed by atoms with Gasteiger partial charge in [-0.25, -0.2) is 9.97 Å². The molecule has 3 aromatic carbocycles. The van der Waals surface area contributed by atoms with E-state index in [9.17, 15) is 0 Å². The SMILES string of the molecule is C=CCc1c2nc(c(-c3ccccc3)c3ccc([nH]3)c(-c3ccccc3)c3nc(c(-c4ccccc4)c4ccc1[nH]4)C=C3)C=C2. The molecule has 8 bridgehead atoms. The molecule has 2 aliphatic rings. The van der Waals surface area contributed by atoms with Gasteiger partial charge in [0, 0.05) is 44.3 Å². The van der Waals surface area contributed by atoms with Crippen LogP contribution < -0.4 is 0 Å². The van der Waals surface area contributed by atoms with E-state index in [2.05, 4.69) is 138 Å². The van der Waals surface area contributed by atoms with Gasteiger partial charge in [0.1, 0.15) is 0 Å². The topological polar surface area (TPSA) is 57.4 Å². The summed E-state index contributed by atoms with van der Waals surface area (Å²) in [5, 5.41) is 0. The van der Waals surface area contributed by atoms with Crippen LogP contribution in [0.1, 0.15) is 28.3 Å². The van der Waals surface area contributed by atoms with Crippen molar-refractivity contribution in [1.82, 2.24) is 19.9 Å². The van der Waals surface area contributed by atoms with Gasteiger partial charge >= 0.3 is 0 Å². The number of aromatic nitrogens is 4. The highest BCUT2D eigenvalue weighted by atomic mass is 14.8. The van der Waals surface area contributed by atoms with E-state index in [0.717, 1.165) is 83.8 Å². The number of nitrogens with one attached hydrogen (secondary N) is 2. The van der Waals surface area contributed by atoms with Crippen LogP contribution in [-0.2, 0) is 6.42 Å². The van der Waals surface area contributed by atoms with Gasteiger partial charge < -0.3 is 9.97 Å². The molecule has 3 aromatic heterocycles. The summed E-state index contributed by atoms with van der Waals surface area (Å²) in [6.07, 6.45) is 11.1. The van der Waals surface area contributed by atoms with E-state index in [1.165, 1.54) is 0 Å². The van der Waals surface area contributed by atoms with Crippen LogP contribution in [0.5, 0.6) is 0 Å². The molecule has 2 aliphatic heterocycles. The fourth-order valence-electron chi connectivity index (χ4n) is 6.35. The smallest absolute Gasteiger partial charge is 0.0737 e. The third kappa shape index (κ3) is 4.83. The molecule has 0 unspecified atom stereocenters. The number of hydrogen-bond acceptors (Lipinski definition) is 2. The van der Waals surface area contributed by atoms with Gasteiger partial charge in [-0.05, 0) is 71.7 Å². The molecular formula is C41H30N4. The Kier molecular flexibility index (Phi) is 6.65. The lowest BCUT2D eigenvalue weighted by atomic mass is 10.0. The van der Waals surface area contributed by atoms with E-state index in [0.29, 0.717) is 6.42 Å². The standard InChI is InChI=1S/C41H30N4/c1-2-12-30-31-19-21-33(42-31)39(27-13-6-3-7-14-27)35-23-25-37(44-35)41(29-17-10-5-11-18-29)38-26-24-36(45-38)40(28-15-8-4-9-16-28)34-22-20-32(30)43-34/h2-11,13-26,42,45H,1,12H2. The van der Waals surface area contributed by atoms with Crippen molar-refractivity contribution in [3.05, 3.63) is 156 Å². The number of fused-ring (bicyclic) bond motifs is 8. The minimum absolute atomic E-state index is 0.679. The first-order valence-electron chi connectivity index (χ1n) is 15.2. The first-order chi connectivity index (χ1) is 22.3. The summed E-state index contributed by atoms with van der Waals surface area (Å²) in [5.74, 6) is 0. The van der Waals surface area contributed by atoms with E-state index < -0.39 is 0 Å². The molecule has 0 amide bonds. The Morgan fingerprint density at radius 2 is 0.800 bits per heavy atom. The number of benzene rings is 3. The lowest BCUT2D eigenvalue weighted by Crippen LogP contribution is -1.90. The normalized spacial score (nSPS) is 12.0. The molecule has 0 fully saturated rings. The molecule has 8 rings (SSSR count). The first kappa shape index (κ1) is 26.6. The zero-order valence-electron chi connectivity index (χ0n) is 24.7. The van der Waals surface area contributed by atoms with Gasteiger partial charge in [-0.2, -0.15) is 0 Å². The van der Waals surface area contributed by atoms with Crippen LogP contribution >= 0.6 is 0 Å². The lowest BCUT2D eigenvalue weighted by molar-refractivity contribution is 1.20. The van der Waals surface area contributed by atoms with Gasteiger partial charge in [0.2, 0.25) is 0 Å². The van der Waals surface area contributed by atoms with Gasteiger partial charge in [-0.3, -0.25) is 0 Å². The molecule has 45 heavy (non-hydrogen) atoms. The molecule has 0 aliphatic carbocycles. The quantitative estimate of drug-likeness (QED) is 0.200. The van der Waals surface area contributed by atoms with Crippen molar-refractivity contribution >= 4 is 46.4 Å². The lowest BCUT2D eigenvalue weighted by Gasteiger charge is -2.06. The number of rotatable bonds is 5. The summed E-state index contributed by atoms with van der Waals surface area (Å²) in [6.45, 7) is 4.07. The predicted octanol–water partition coefficient (Wildman–Crippen LogP) is 10.4. The number of nitrogens with zero attached hydrogens (tertiary/aromatic N) is 2. The van der Waals surface area contributed by atoms with E-state index in [4.69, 9.17) is 9.97 Å². The Bertz CT molecular complexity index is 2250. The van der Waals surface area contributed by atoms with Crippen molar-refractivity contribution < 1.29 is 0 Å². The van der Waals surface area contributed by atoms with Crippen molar-refractivity contribution in [2.75, 3.05) is 0 Å². The minimum atomic E-state index is 0.679. The molecule has 0 saturated carbocycles. The average molecular weight is 579 g/mol. The van der Waals surface area contributed by atoms with Crippen molar-refractivity contribution in [1.29, 1.82) is 0 Å². The van der Waals surface area contributed by atoms with Crippen LogP contribution in [0.4, 0.5) is 0 Å². The molecule has 5 heterocycles. The van der Waals surface area contributed by atoms with E-state index in [-0.39, 0.29) is 0 Å². The van der Waals surface area contributed by atoms with Crippen LogP contribution in [-0.4, -0.2) is 19.9 Å². The summed E-state index contributed by atoms with van der Waals surface area (Å²) in [4.78, 5) is 18.1. The fourth-order valence-corrected chi connectivity index (χ4v) is 6.35. The molecule has 4 nitrogen and oxygen atoms in total. The fraction of sp³-hybridized carbons (Fsp3) is 0.0244. The summed E-state index contributed by atoms with van der Waals surface area (Å²) in [7, 11) is 0. The van der Waals surface area contributed by atoms with Crippen LogP contribution in [0, 0.1) is 0 Å². The van der Waals surface area contributed by atoms with Crippen LogP contribution in [0.3, 0.4) is 0 Å². The third-order valence-electron chi connectivity index (χ3n) is 8.40. The largest absolute Gasteiger partial charge is 0.355 e. The van der Waals surface area contributed by atoms with Crippen molar-refractivity contribution in [3.8, 4) is 33.4 Å². The van der Waals surface area contributed by atoms with Gasteiger partial charge in [-0.15, -0.1) is 6.58 Å². The molecule has 6 aromatic rings. The Morgan fingerprint density at radius 1 is 0.444 bits per heavy atom. The van der Waals surface area contributed by atoms with E-state index in [1.807, 2.05) is 24.3 Å². The summed E-state index contributed by atoms with van der Waals surface area (Å²) >= 11 is 0. The van der Waals surface area contributed by atoms with Crippen LogP contribution in [0.25, 0.3) is 79.8 Å². The summed E-state index contributed by atoms with van der Waals surface area (Å²) in [5.41, 5.74) is 15.2. The van der Waals surface area contributed by atoms with E-state index >= 15 is 0 Å². The Labute approximate surface area is 261 Å². The second-order valence-electron chi connectivity index (χ2n) is 11.2. The molecule has 0 spiro atoms. The van der Waals surface area contributed by atoms with Crippen molar-refractivity contribution in [2.24, 2.45) is 0 Å². The Balaban J connectivity index is 1.57. The van der Waals surface area contributed by atoms with Crippen molar-refractivity contribution in [3.63, 3.8) is 0 Å². The van der Waals surface area contributed by atoms with Gasteiger partial charge in [0.25, 0.3) is 0 Å². The van der Waals surface area contributed by atoms with Gasteiger partial charge in [-0.1, -0.05) is 97.1 Å². The maximum Gasteiger partial charge on any atom is 0.0737 e. The number of H-pyrrole nitrogens is 2. The minimum Gasteiger partial charge on any atom is -0.355 e. The van der Waals surface area contributed by atoms with Crippen molar-refractivity contribution in [2.45, 2.75) is 6.42 Å². The maximum atomic E-state index is 5.31. The molecule has 0 radical (unpaired) electrons. The molecule has 214 valence electrons. The average Bonchev–Trinajstić information content (AvgIpc) is 3.92. The molecule has 0 saturated heterocycles. The highest BCUT2D eigenvalue weighted by Gasteiger charge is 2.17. The number of allylic oxidation sites excluding steroid dienone is 1. The first-order valence-corrected chi connectivity index (χ1v) is 15.2. The van der Waals surface area contributed by atoms with Crippen LogP contribution in [0.15, 0.2) is 128 Å². The molecule has 2 N–H and O–H groups in total. The zero-order chi connectivity index (χ0) is 30.2. The second-order valence-corrected chi connectivity index (χ2v) is 11.2. The third-order valence-corrected chi connectivity index (χ3v) is 8.40. The highest BCUT2D eigenvalue weighted by molar-refractivity contribution is 5.97. The summed E-state index contributed by atoms with van der Waals surface area (Å²) in [6, 6.07) is 40.0. The maximum absolute atomic E-state index is 5.31. The molecular weight excluding hydrogens is 548 g/mol. The number of aromatic amines is 2. The summed E-state index contributed by atoms with van der Waals surface area (Å²) < 4.78 is 0.